The number of aliphatic carboxylic acids is 1. The van der Waals surface area contributed by atoms with Crippen LogP contribution in [0.25, 0.3) is 0 Å². The van der Waals surface area contributed by atoms with Crippen LogP contribution in [0.5, 0.6) is 5.75 Å². The van der Waals surface area contributed by atoms with Crippen LogP contribution in [0.1, 0.15) is 89.5 Å². The summed E-state index contributed by atoms with van der Waals surface area (Å²) in [4.78, 5) is 54.8. The van der Waals surface area contributed by atoms with E-state index in [0.717, 1.165) is 24.8 Å². The minimum atomic E-state index is -1.05. The van der Waals surface area contributed by atoms with Crippen molar-refractivity contribution in [1.29, 1.82) is 0 Å². The minimum absolute atomic E-state index is 0.133. The van der Waals surface area contributed by atoms with E-state index in [2.05, 4.69) is 12.2 Å². The summed E-state index contributed by atoms with van der Waals surface area (Å²) in [7, 11) is 0. The van der Waals surface area contributed by atoms with Crippen molar-refractivity contribution >= 4 is 23.7 Å². The predicted molar refractivity (Wildman–Crippen MR) is 151 cm³/mol. The Balaban J connectivity index is 1.64. The Morgan fingerprint density at radius 1 is 0.950 bits per heavy atom. The zero-order valence-corrected chi connectivity index (χ0v) is 23.7. The highest BCUT2D eigenvalue weighted by Gasteiger charge is 2.40. The normalized spacial score (nSPS) is 20.4. The molecule has 2 heterocycles. The zero-order chi connectivity index (χ0) is 29.1. The first-order valence-corrected chi connectivity index (χ1v) is 14.9. The quantitative estimate of drug-likeness (QED) is 0.241. The highest BCUT2D eigenvalue weighted by Crippen LogP contribution is 2.23. The third kappa shape index (κ3) is 8.94. The molecule has 0 saturated carbocycles. The summed E-state index contributed by atoms with van der Waals surface area (Å²) in [5.41, 5.74) is 7.13. The van der Waals surface area contributed by atoms with Gasteiger partial charge in [-0.3, -0.25) is 14.4 Å². The molecule has 10 nitrogen and oxygen atoms in total. The number of nitrogens with two attached hydrogens (primary N) is 1. The summed E-state index contributed by atoms with van der Waals surface area (Å²) >= 11 is 0. The number of hydrogen-bond acceptors (Lipinski definition) is 6. The highest BCUT2D eigenvalue weighted by atomic mass is 16.4. The van der Waals surface area contributed by atoms with Gasteiger partial charge in [0, 0.05) is 25.6 Å². The van der Waals surface area contributed by atoms with Gasteiger partial charge in [-0.2, -0.15) is 0 Å². The van der Waals surface area contributed by atoms with Crippen molar-refractivity contribution in [2.45, 2.75) is 115 Å². The average Bonchev–Trinajstić information content (AvgIpc) is 3.62. The second kappa shape index (κ2) is 15.6. The number of nitrogens with zero attached hydrogens (tertiary/aromatic N) is 2. The standard InChI is InChI=1S/C30H46N4O6/c1-2-3-4-5-6-9-22(31)20-27(36)33-18-7-10-25(33)28(37)32-24(17-14-21-12-15-23(35)16-13-21)29(38)34-19-8-11-26(34)30(39)40/h12-13,15-16,22,24-26,35H,2-11,14,17-20,31H2,1H3,(H,32,37)(H,39,40). The molecular formula is C30H46N4O6. The maximum atomic E-state index is 13.5. The van der Waals surface area contributed by atoms with E-state index in [0.29, 0.717) is 45.2 Å². The number of carboxylic acids is 1. The number of rotatable bonds is 15. The second-order valence-corrected chi connectivity index (χ2v) is 11.2. The van der Waals surface area contributed by atoms with Crippen molar-refractivity contribution in [3.05, 3.63) is 29.8 Å². The Hall–Kier alpha value is -3.14. The number of carbonyl (C=O) groups is 4. The zero-order valence-electron chi connectivity index (χ0n) is 23.7. The third-order valence-corrected chi connectivity index (χ3v) is 8.08. The lowest BCUT2D eigenvalue weighted by Crippen LogP contribution is -2.55. The van der Waals surface area contributed by atoms with Crippen molar-refractivity contribution in [2.24, 2.45) is 5.73 Å². The van der Waals surface area contributed by atoms with Crippen LogP contribution in [0, 0.1) is 0 Å². The molecule has 2 saturated heterocycles. The number of aryl methyl sites for hydroxylation is 1. The Morgan fingerprint density at radius 2 is 1.60 bits per heavy atom. The fourth-order valence-corrected chi connectivity index (χ4v) is 5.78. The van der Waals surface area contributed by atoms with Crippen LogP contribution in [0.3, 0.4) is 0 Å². The molecule has 2 aliphatic rings. The third-order valence-electron chi connectivity index (χ3n) is 8.08. The van der Waals surface area contributed by atoms with Gasteiger partial charge in [0.2, 0.25) is 17.7 Å². The smallest absolute Gasteiger partial charge is 0.326 e. The summed E-state index contributed by atoms with van der Waals surface area (Å²) in [5.74, 6) is -1.87. The summed E-state index contributed by atoms with van der Waals surface area (Å²) in [6.07, 6.45) is 9.46. The molecule has 5 N–H and O–H groups in total. The Kier molecular flexibility index (Phi) is 12.2. The number of phenols is 1. The first-order chi connectivity index (χ1) is 19.2. The van der Waals surface area contributed by atoms with Gasteiger partial charge in [0.05, 0.1) is 0 Å². The molecule has 40 heavy (non-hydrogen) atoms. The molecule has 4 atom stereocenters. The first-order valence-electron chi connectivity index (χ1n) is 14.9. The number of nitrogens with one attached hydrogen (secondary N) is 1. The number of benzene rings is 1. The van der Waals surface area contributed by atoms with Crippen LogP contribution < -0.4 is 11.1 Å². The van der Waals surface area contributed by atoms with Crippen molar-refractivity contribution < 1.29 is 29.4 Å². The second-order valence-electron chi connectivity index (χ2n) is 11.2. The number of aromatic hydroxyl groups is 1. The lowest BCUT2D eigenvalue weighted by atomic mass is 10.0. The molecule has 2 aliphatic heterocycles. The number of amides is 3. The van der Waals surface area contributed by atoms with Crippen LogP contribution in [0.2, 0.25) is 0 Å². The monoisotopic (exact) mass is 558 g/mol. The summed E-state index contributed by atoms with van der Waals surface area (Å²) in [6, 6.07) is 3.85. The van der Waals surface area contributed by atoms with Crippen molar-refractivity contribution in [1.82, 2.24) is 15.1 Å². The van der Waals surface area contributed by atoms with Gasteiger partial charge in [0.15, 0.2) is 0 Å². The molecule has 1 aromatic carbocycles. The number of carboxylic acid groups (broad SMARTS) is 1. The minimum Gasteiger partial charge on any atom is -0.508 e. The molecule has 0 aliphatic carbocycles. The average molecular weight is 559 g/mol. The van der Waals surface area contributed by atoms with E-state index in [4.69, 9.17) is 5.73 Å². The summed E-state index contributed by atoms with van der Waals surface area (Å²) < 4.78 is 0. The SMILES string of the molecule is CCCCCCCC(N)CC(=O)N1CCCC1C(=O)NC(CCc1ccc(O)cc1)C(=O)N1CCCC1C(=O)O. The van der Waals surface area contributed by atoms with Gasteiger partial charge in [-0.25, -0.2) is 4.79 Å². The fourth-order valence-electron chi connectivity index (χ4n) is 5.78. The van der Waals surface area contributed by atoms with E-state index in [-0.39, 0.29) is 30.5 Å². The van der Waals surface area contributed by atoms with Gasteiger partial charge < -0.3 is 31.1 Å². The largest absolute Gasteiger partial charge is 0.508 e. The lowest BCUT2D eigenvalue weighted by Gasteiger charge is -2.30. The molecule has 0 bridgehead atoms. The van der Waals surface area contributed by atoms with Crippen LogP contribution in [0.15, 0.2) is 24.3 Å². The molecule has 222 valence electrons. The van der Waals surface area contributed by atoms with Crippen LogP contribution in [-0.4, -0.2) is 81.0 Å². The number of hydrogen-bond donors (Lipinski definition) is 4. The van der Waals surface area contributed by atoms with Gasteiger partial charge in [-0.1, -0.05) is 51.2 Å². The molecule has 0 aromatic heterocycles. The Bertz CT molecular complexity index is 1000. The van der Waals surface area contributed by atoms with E-state index in [1.165, 1.54) is 24.2 Å². The van der Waals surface area contributed by atoms with Gasteiger partial charge in [-0.15, -0.1) is 0 Å². The van der Waals surface area contributed by atoms with Crippen molar-refractivity contribution in [3.63, 3.8) is 0 Å². The summed E-state index contributed by atoms with van der Waals surface area (Å²) in [5, 5.41) is 22.0. The van der Waals surface area contributed by atoms with Crippen LogP contribution in [0.4, 0.5) is 0 Å². The highest BCUT2D eigenvalue weighted by molar-refractivity contribution is 5.94. The maximum Gasteiger partial charge on any atom is 0.326 e. The van der Waals surface area contributed by atoms with Crippen LogP contribution >= 0.6 is 0 Å². The fraction of sp³-hybridized carbons (Fsp3) is 0.667. The molecule has 0 radical (unpaired) electrons. The van der Waals surface area contributed by atoms with E-state index >= 15 is 0 Å². The topological polar surface area (TPSA) is 153 Å². The predicted octanol–water partition coefficient (Wildman–Crippen LogP) is 2.95. The van der Waals surface area contributed by atoms with E-state index in [1.807, 2.05) is 0 Å². The van der Waals surface area contributed by atoms with Crippen molar-refractivity contribution in [3.8, 4) is 5.75 Å². The number of unbranched alkanes of at least 4 members (excludes halogenated alkanes) is 4. The number of carbonyl (C=O) groups excluding carboxylic acids is 3. The molecule has 2 fully saturated rings. The Labute approximate surface area is 237 Å². The lowest BCUT2D eigenvalue weighted by molar-refractivity contribution is -0.149. The molecule has 3 amide bonds. The maximum absolute atomic E-state index is 13.5. The number of likely N-dealkylation sites (tertiary alicyclic amines) is 2. The molecule has 3 rings (SSSR count). The van der Waals surface area contributed by atoms with Gasteiger partial charge in [-0.05, 0) is 62.6 Å². The van der Waals surface area contributed by atoms with Crippen molar-refractivity contribution in [2.75, 3.05) is 13.1 Å². The van der Waals surface area contributed by atoms with Gasteiger partial charge in [0.25, 0.3) is 0 Å². The van der Waals surface area contributed by atoms with Crippen LogP contribution in [-0.2, 0) is 25.6 Å². The molecule has 10 heteroatoms. The Morgan fingerprint density at radius 3 is 2.27 bits per heavy atom. The van der Waals surface area contributed by atoms with E-state index < -0.39 is 35.9 Å². The molecule has 1 aromatic rings. The summed E-state index contributed by atoms with van der Waals surface area (Å²) in [6.45, 7) is 2.96. The molecule has 4 unspecified atom stereocenters. The van der Waals surface area contributed by atoms with Gasteiger partial charge >= 0.3 is 5.97 Å². The van der Waals surface area contributed by atoms with Gasteiger partial charge in [0.1, 0.15) is 23.9 Å². The number of phenolic OH excluding ortho intramolecular Hbond substituents is 1. The molecular weight excluding hydrogens is 512 g/mol. The molecule has 0 spiro atoms. The first kappa shape index (κ1) is 31.4. The van der Waals surface area contributed by atoms with E-state index in [1.54, 1.807) is 29.2 Å². The van der Waals surface area contributed by atoms with E-state index in [9.17, 15) is 29.4 Å².